The molecule has 0 aromatic carbocycles. The van der Waals surface area contributed by atoms with Crippen molar-refractivity contribution in [3.8, 4) is 0 Å². The minimum Gasteiger partial charge on any atom is -0.481 e. The van der Waals surface area contributed by atoms with E-state index in [2.05, 4.69) is 5.32 Å². The van der Waals surface area contributed by atoms with Gasteiger partial charge in [0.25, 0.3) is 0 Å². The number of rotatable bonds is 5. The summed E-state index contributed by atoms with van der Waals surface area (Å²) in [5, 5.41) is 11.1. The normalized spacial score (nSPS) is 26.6. The third-order valence-corrected chi connectivity index (χ3v) is 5.22. The van der Waals surface area contributed by atoms with Crippen LogP contribution in [0.4, 0.5) is 0 Å². The van der Waals surface area contributed by atoms with E-state index >= 15 is 0 Å². The molecule has 1 fully saturated rings. The second kappa shape index (κ2) is 5.26. The van der Waals surface area contributed by atoms with Crippen molar-refractivity contribution >= 4 is 33.5 Å². The van der Waals surface area contributed by atoms with Gasteiger partial charge in [-0.2, -0.15) is 0 Å². The smallest absolute Gasteiger partial charge is 0.313 e. The van der Waals surface area contributed by atoms with Crippen LogP contribution in [-0.4, -0.2) is 54.0 Å². The second-order valence-corrected chi connectivity index (χ2v) is 7.51. The van der Waals surface area contributed by atoms with Gasteiger partial charge in [0.1, 0.15) is 0 Å². The van der Waals surface area contributed by atoms with Gasteiger partial charge in [0.2, 0.25) is 5.91 Å². The van der Waals surface area contributed by atoms with Crippen LogP contribution >= 0.6 is 11.8 Å². The van der Waals surface area contributed by atoms with Crippen LogP contribution in [0.15, 0.2) is 0 Å². The van der Waals surface area contributed by atoms with E-state index in [1.54, 1.807) is 6.92 Å². The molecule has 17 heavy (non-hydrogen) atoms. The molecule has 0 bridgehead atoms. The Morgan fingerprint density at radius 1 is 1.41 bits per heavy atom. The van der Waals surface area contributed by atoms with E-state index in [0.29, 0.717) is 6.42 Å². The first-order valence-corrected chi connectivity index (χ1v) is 8.01. The highest BCUT2D eigenvalue weighted by atomic mass is 32.2. The molecule has 6 nitrogen and oxygen atoms in total. The van der Waals surface area contributed by atoms with Crippen molar-refractivity contribution in [2.24, 2.45) is 0 Å². The zero-order valence-electron chi connectivity index (χ0n) is 9.43. The molecule has 1 aliphatic rings. The van der Waals surface area contributed by atoms with Crippen molar-refractivity contribution in [2.75, 3.05) is 23.0 Å². The fourth-order valence-electron chi connectivity index (χ4n) is 1.71. The highest BCUT2D eigenvalue weighted by Gasteiger charge is 2.39. The van der Waals surface area contributed by atoms with Gasteiger partial charge in [-0.25, -0.2) is 8.42 Å². The fourth-order valence-corrected chi connectivity index (χ4v) is 4.34. The third-order valence-electron chi connectivity index (χ3n) is 2.40. The average molecular weight is 281 g/mol. The van der Waals surface area contributed by atoms with E-state index in [4.69, 9.17) is 5.11 Å². The fraction of sp³-hybridized carbons (Fsp3) is 0.778. The van der Waals surface area contributed by atoms with Crippen molar-refractivity contribution in [1.82, 2.24) is 5.32 Å². The molecular formula is C9H15NO5S2. The lowest BCUT2D eigenvalue weighted by molar-refractivity contribution is -0.133. The summed E-state index contributed by atoms with van der Waals surface area (Å²) in [7, 11) is -3.05. The Bertz CT molecular complexity index is 419. The van der Waals surface area contributed by atoms with Crippen molar-refractivity contribution in [2.45, 2.75) is 18.9 Å². The average Bonchev–Trinajstić information content (AvgIpc) is 2.39. The van der Waals surface area contributed by atoms with E-state index in [1.807, 2.05) is 0 Å². The molecule has 8 heteroatoms. The van der Waals surface area contributed by atoms with Crippen molar-refractivity contribution in [3.63, 3.8) is 0 Å². The molecule has 1 unspecified atom stereocenters. The summed E-state index contributed by atoms with van der Waals surface area (Å²) < 4.78 is 22.6. The van der Waals surface area contributed by atoms with Crippen LogP contribution in [0.5, 0.6) is 0 Å². The van der Waals surface area contributed by atoms with Crippen LogP contribution < -0.4 is 5.32 Å². The zero-order chi connectivity index (χ0) is 13.1. The third kappa shape index (κ3) is 4.95. The van der Waals surface area contributed by atoms with E-state index in [0.717, 1.165) is 11.8 Å². The number of carbonyl (C=O) groups excluding carboxylic acids is 1. The minimum absolute atomic E-state index is 0.0297. The lowest BCUT2D eigenvalue weighted by Gasteiger charge is -2.23. The summed E-state index contributed by atoms with van der Waals surface area (Å²) in [5.41, 5.74) is -0.709. The highest BCUT2D eigenvalue weighted by Crippen LogP contribution is 2.22. The first kappa shape index (κ1) is 14.3. The molecule has 0 radical (unpaired) electrons. The first-order valence-electron chi connectivity index (χ1n) is 5.03. The van der Waals surface area contributed by atoms with Crippen LogP contribution in [0.3, 0.4) is 0 Å². The number of hydrogen-bond acceptors (Lipinski definition) is 5. The Labute approximate surface area is 104 Å². The maximum absolute atomic E-state index is 11.5. The maximum atomic E-state index is 11.5. The number of carboxylic acids is 1. The van der Waals surface area contributed by atoms with Crippen LogP contribution in [0, 0.1) is 0 Å². The molecule has 0 aromatic heterocycles. The van der Waals surface area contributed by atoms with Crippen LogP contribution in [0.2, 0.25) is 0 Å². The van der Waals surface area contributed by atoms with Crippen LogP contribution in [0.25, 0.3) is 0 Å². The van der Waals surface area contributed by atoms with Gasteiger partial charge in [0.05, 0.1) is 28.6 Å². The van der Waals surface area contributed by atoms with E-state index < -0.39 is 21.3 Å². The highest BCUT2D eigenvalue weighted by molar-refractivity contribution is 8.00. The standard InChI is InChI=1S/C9H15NO5S2/c1-9(2-3-17(14,15)6-9)10-7(11)4-16-5-8(12)13/h2-6H2,1H3,(H,10,11)(H,12,13). The second-order valence-electron chi connectivity index (χ2n) is 4.34. The molecule has 2 N–H and O–H groups in total. The molecule has 0 spiro atoms. The summed E-state index contributed by atoms with van der Waals surface area (Å²) in [6.45, 7) is 1.69. The quantitative estimate of drug-likeness (QED) is 0.704. The summed E-state index contributed by atoms with van der Waals surface area (Å²) >= 11 is 0.990. The molecule has 1 atom stereocenters. The van der Waals surface area contributed by atoms with E-state index in [1.165, 1.54) is 0 Å². The predicted molar refractivity (Wildman–Crippen MR) is 64.8 cm³/mol. The van der Waals surface area contributed by atoms with Gasteiger partial charge in [-0.15, -0.1) is 11.8 Å². The monoisotopic (exact) mass is 281 g/mol. The number of amides is 1. The molecule has 1 aliphatic heterocycles. The number of sulfone groups is 1. The van der Waals surface area contributed by atoms with E-state index in [-0.39, 0.29) is 28.9 Å². The number of carboxylic acid groups (broad SMARTS) is 1. The number of carbonyl (C=O) groups is 2. The summed E-state index contributed by atoms with van der Waals surface area (Å²) in [5.74, 6) is -1.36. The first-order chi connectivity index (χ1) is 7.72. The lowest BCUT2D eigenvalue weighted by Crippen LogP contribution is -2.47. The Morgan fingerprint density at radius 2 is 2.06 bits per heavy atom. The number of nitrogens with one attached hydrogen (secondary N) is 1. The van der Waals surface area contributed by atoms with Gasteiger partial charge in [0, 0.05) is 0 Å². The maximum Gasteiger partial charge on any atom is 0.313 e. The number of thioether (sulfide) groups is 1. The Hall–Kier alpha value is -0.760. The molecule has 1 saturated heterocycles. The summed E-state index contributed by atoms with van der Waals surface area (Å²) in [6, 6.07) is 0. The largest absolute Gasteiger partial charge is 0.481 e. The lowest BCUT2D eigenvalue weighted by atomic mass is 10.0. The van der Waals surface area contributed by atoms with Gasteiger partial charge in [-0.05, 0) is 13.3 Å². The van der Waals surface area contributed by atoms with Crippen molar-refractivity contribution < 1.29 is 23.1 Å². The van der Waals surface area contributed by atoms with Gasteiger partial charge in [-0.3, -0.25) is 9.59 Å². The van der Waals surface area contributed by atoms with Crippen molar-refractivity contribution in [3.05, 3.63) is 0 Å². The molecule has 98 valence electrons. The van der Waals surface area contributed by atoms with Crippen LogP contribution in [0.1, 0.15) is 13.3 Å². The SMILES string of the molecule is CC1(NC(=O)CSCC(=O)O)CCS(=O)(=O)C1. The van der Waals surface area contributed by atoms with Gasteiger partial charge < -0.3 is 10.4 Å². The van der Waals surface area contributed by atoms with Gasteiger partial charge in [-0.1, -0.05) is 0 Å². The molecule has 1 amide bonds. The molecule has 1 rings (SSSR count). The zero-order valence-corrected chi connectivity index (χ0v) is 11.1. The molecule has 0 saturated carbocycles. The molecule has 1 heterocycles. The van der Waals surface area contributed by atoms with Crippen molar-refractivity contribution in [1.29, 1.82) is 0 Å². The van der Waals surface area contributed by atoms with Gasteiger partial charge >= 0.3 is 5.97 Å². The number of hydrogen-bond donors (Lipinski definition) is 2. The topological polar surface area (TPSA) is 101 Å². The number of aliphatic carboxylic acids is 1. The van der Waals surface area contributed by atoms with Crippen LogP contribution in [-0.2, 0) is 19.4 Å². The predicted octanol–water partition coefficient (Wildman–Crippen LogP) is -0.502. The van der Waals surface area contributed by atoms with Gasteiger partial charge in [0.15, 0.2) is 9.84 Å². The van der Waals surface area contributed by atoms with E-state index in [9.17, 15) is 18.0 Å². The molecular weight excluding hydrogens is 266 g/mol. The molecule has 0 aliphatic carbocycles. The Balaban J connectivity index is 2.39. The minimum atomic E-state index is -3.05. The molecule has 0 aromatic rings. The summed E-state index contributed by atoms with van der Waals surface area (Å²) in [6.07, 6.45) is 0.407. The Kier molecular flexibility index (Phi) is 4.42. The Morgan fingerprint density at radius 3 is 2.53 bits per heavy atom. The summed E-state index contributed by atoms with van der Waals surface area (Å²) in [4.78, 5) is 21.7.